The van der Waals surface area contributed by atoms with Crippen LogP contribution in [0.15, 0.2) is 0 Å². The molecule has 1 aromatic rings. The average molecular weight is 292 g/mol. The van der Waals surface area contributed by atoms with Gasteiger partial charge in [0.1, 0.15) is 11.5 Å². The van der Waals surface area contributed by atoms with E-state index in [0.717, 1.165) is 28.7 Å². The number of phenolic OH excluding ortho intramolecular Hbond substituents is 2. The smallest absolute Gasteiger partial charge is 0.122 e. The molecule has 0 aliphatic heterocycles. The summed E-state index contributed by atoms with van der Waals surface area (Å²) in [6.45, 7) is 14.7. The van der Waals surface area contributed by atoms with Crippen LogP contribution in [0.4, 0.5) is 0 Å². The lowest BCUT2D eigenvalue weighted by Crippen LogP contribution is -2.14. The Kier molecular flexibility index (Phi) is 6.12. The van der Waals surface area contributed by atoms with E-state index in [1.807, 2.05) is 20.8 Å². The van der Waals surface area contributed by atoms with Gasteiger partial charge in [-0.25, -0.2) is 0 Å². The molecule has 1 aromatic carbocycles. The summed E-state index contributed by atoms with van der Waals surface area (Å²) < 4.78 is 0. The fourth-order valence-corrected chi connectivity index (χ4v) is 2.91. The molecule has 0 aliphatic rings. The Labute approximate surface area is 130 Å². The molecule has 120 valence electrons. The van der Waals surface area contributed by atoms with Crippen LogP contribution in [-0.4, -0.2) is 10.2 Å². The van der Waals surface area contributed by atoms with E-state index in [4.69, 9.17) is 0 Å². The van der Waals surface area contributed by atoms with Gasteiger partial charge >= 0.3 is 0 Å². The molecule has 0 bridgehead atoms. The number of hydrogen-bond acceptors (Lipinski definition) is 2. The Morgan fingerprint density at radius 1 is 0.762 bits per heavy atom. The topological polar surface area (TPSA) is 40.5 Å². The molecule has 0 saturated heterocycles. The minimum atomic E-state index is 0.340. The molecular weight excluding hydrogens is 260 g/mol. The van der Waals surface area contributed by atoms with Gasteiger partial charge in [-0.1, -0.05) is 34.1 Å². The zero-order chi connectivity index (χ0) is 16.3. The summed E-state index contributed by atoms with van der Waals surface area (Å²) in [6, 6.07) is 0. The van der Waals surface area contributed by atoms with Gasteiger partial charge in [0.25, 0.3) is 0 Å². The summed E-state index contributed by atoms with van der Waals surface area (Å²) in [4.78, 5) is 0. The van der Waals surface area contributed by atoms with E-state index in [-0.39, 0.29) is 0 Å². The molecule has 2 heteroatoms. The first-order valence-corrected chi connectivity index (χ1v) is 8.17. The Morgan fingerprint density at radius 3 is 1.76 bits per heavy atom. The normalized spacial score (nSPS) is 13.2. The van der Waals surface area contributed by atoms with E-state index >= 15 is 0 Å². The summed E-state index contributed by atoms with van der Waals surface area (Å²) in [5.41, 5.74) is 3.36. The third kappa shape index (κ3) is 4.15. The van der Waals surface area contributed by atoms with E-state index in [9.17, 15) is 10.2 Å². The van der Waals surface area contributed by atoms with E-state index < -0.39 is 0 Å². The van der Waals surface area contributed by atoms with Gasteiger partial charge in [0, 0.05) is 5.56 Å². The standard InChI is InChI=1S/C19H32O2/c1-11(2)8-9-16(12(3)4)10-17-15(7)18(20)13(5)14(6)19(17)21/h11-12,16,20-21H,8-10H2,1-7H3. The van der Waals surface area contributed by atoms with E-state index in [2.05, 4.69) is 27.7 Å². The van der Waals surface area contributed by atoms with Crippen LogP contribution in [0.1, 0.15) is 62.8 Å². The van der Waals surface area contributed by atoms with Crippen LogP contribution in [-0.2, 0) is 6.42 Å². The highest BCUT2D eigenvalue weighted by atomic mass is 16.3. The first-order chi connectivity index (χ1) is 9.66. The van der Waals surface area contributed by atoms with Gasteiger partial charge in [0.2, 0.25) is 0 Å². The molecule has 2 nitrogen and oxygen atoms in total. The Balaban J connectivity index is 3.09. The monoisotopic (exact) mass is 292 g/mol. The molecule has 0 spiro atoms. The van der Waals surface area contributed by atoms with Crippen LogP contribution >= 0.6 is 0 Å². The SMILES string of the molecule is Cc1c(C)c(O)c(CC(CCC(C)C)C(C)C)c(C)c1O. The second kappa shape index (κ2) is 7.20. The number of rotatable bonds is 6. The summed E-state index contributed by atoms with van der Waals surface area (Å²) >= 11 is 0. The fourth-order valence-electron chi connectivity index (χ4n) is 2.91. The average Bonchev–Trinajstić information content (AvgIpc) is 2.41. The van der Waals surface area contributed by atoms with Crippen LogP contribution in [0.3, 0.4) is 0 Å². The molecule has 1 rings (SSSR count). The van der Waals surface area contributed by atoms with Crippen molar-refractivity contribution >= 4 is 0 Å². The molecule has 0 radical (unpaired) electrons. The van der Waals surface area contributed by atoms with Gasteiger partial charge < -0.3 is 10.2 Å². The molecule has 1 unspecified atom stereocenters. The molecule has 2 N–H and O–H groups in total. The summed E-state index contributed by atoms with van der Waals surface area (Å²) in [5.74, 6) is 2.53. The van der Waals surface area contributed by atoms with Crippen molar-refractivity contribution < 1.29 is 10.2 Å². The lowest BCUT2D eigenvalue weighted by Gasteiger charge is -2.24. The number of benzene rings is 1. The predicted octanol–water partition coefficient (Wildman–Crippen LogP) is 5.27. The summed E-state index contributed by atoms with van der Waals surface area (Å²) in [7, 11) is 0. The lowest BCUT2D eigenvalue weighted by atomic mass is 9.82. The van der Waals surface area contributed by atoms with Crippen molar-refractivity contribution in [2.75, 3.05) is 0 Å². The Bertz CT molecular complexity index is 458. The molecule has 0 aliphatic carbocycles. The van der Waals surface area contributed by atoms with Crippen molar-refractivity contribution in [1.29, 1.82) is 0 Å². The Morgan fingerprint density at radius 2 is 1.29 bits per heavy atom. The van der Waals surface area contributed by atoms with Crippen molar-refractivity contribution in [3.05, 3.63) is 22.3 Å². The molecular formula is C19H32O2. The van der Waals surface area contributed by atoms with Gasteiger partial charge in [-0.2, -0.15) is 0 Å². The van der Waals surface area contributed by atoms with E-state index in [1.54, 1.807) is 0 Å². The van der Waals surface area contributed by atoms with Gasteiger partial charge in [0.05, 0.1) is 0 Å². The van der Waals surface area contributed by atoms with Crippen molar-refractivity contribution in [2.24, 2.45) is 17.8 Å². The van der Waals surface area contributed by atoms with Gasteiger partial charge in [-0.15, -0.1) is 0 Å². The Hall–Kier alpha value is -1.18. The maximum Gasteiger partial charge on any atom is 0.122 e. The minimum absolute atomic E-state index is 0.340. The highest BCUT2D eigenvalue weighted by molar-refractivity contribution is 5.56. The molecule has 0 amide bonds. The highest BCUT2D eigenvalue weighted by Gasteiger charge is 2.21. The first kappa shape index (κ1) is 17.9. The zero-order valence-electron chi connectivity index (χ0n) is 14.7. The maximum atomic E-state index is 10.5. The number of hydrogen-bond donors (Lipinski definition) is 2. The van der Waals surface area contributed by atoms with Crippen molar-refractivity contribution in [1.82, 2.24) is 0 Å². The predicted molar refractivity (Wildman–Crippen MR) is 90.1 cm³/mol. The summed E-state index contributed by atoms with van der Waals surface area (Å²) in [5, 5.41) is 20.7. The molecule has 0 fully saturated rings. The van der Waals surface area contributed by atoms with Crippen LogP contribution in [0, 0.1) is 38.5 Å². The first-order valence-electron chi connectivity index (χ1n) is 8.17. The van der Waals surface area contributed by atoms with Crippen molar-refractivity contribution in [3.63, 3.8) is 0 Å². The second-order valence-electron chi connectivity index (χ2n) is 7.23. The fraction of sp³-hybridized carbons (Fsp3) is 0.684. The molecule has 0 heterocycles. The van der Waals surface area contributed by atoms with Gasteiger partial charge in [0.15, 0.2) is 0 Å². The molecule has 0 saturated carbocycles. The number of phenols is 2. The van der Waals surface area contributed by atoms with Crippen molar-refractivity contribution in [3.8, 4) is 11.5 Å². The van der Waals surface area contributed by atoms with Crippen LogP contribution in [0.5, 0.6) is 11.5 Å². The van der Waals surface area contributed by atoms with Crippen molar-refractivity contribution in [2.45, 2.75) is 67.7 Å². The lowest BCUT2D eigenvalue weighted by molar-refractivity contribution is 0.324. The maximum absolute atomic E-state index is 10.5. The summed E-state index contributed by atoms with van der Waals surface area (Å²) in [6.07, 6.45) is 3.22. The zero-order valence-corrected chi connectivity index (χ0v) is 14.7. The molecule has 0 aromatic heterocycles. The van der Waals surface area contributed by atoms with Crippen LogP contribution < -0.4 is 0 Å². The van der Waals surface area contributed by atoms with E-state index in [1.165, 1.54) is 12.8 Å². The largest absolute Gasteiger partial charge is 0.507 e. The highest BCUT2D eigenvalue weighted by Crippen LogP contribution is 2.39. The quantitative estimate of drug-likeness (QED) is 0.701. The number of aromatic hydroxyl groups is 2. The van der Waals surface area contributed by atoms with Crippen LogP contribution in [0.25, 0.3) is 0 Å². The van der Waals surface area contributed by atoms with Crippen LogP contribution in [0.2, 0.25) is 0 Å². The second-order valence-corrected chi connectivity index (χ2v) is 7.23. The molecule has 21 heavy (non-hydrogen) atoms. The third-order valence-corrected chi connectivity index (χ3v) is 4.89. The molecule has 1 atom stereocenters. The minimum Gasteiger partial charge on any atom is -0.507 e. The third-order valence-electron chi connectivity index (χ3n) is 4.89. The van der Waals surface area contributed by atoms with Gasteiger partial charge in [-0.05, 0) is 68.1 Å². The van der Waals surface area contributed by atoms with Gasteiger partial charge in [-0.3, -0.25) is 0 Å². The van der Waals surface area contributed by atoms with E-state index in [0.29, 0.717) is 29.3 Å².